The molecule has 2 nitrogen and oxygen atoms in total. The summed E-state index contributed by atoms with van der Waals surface area (Å²) in [5.74, 6) is -0.0206. The first-order valence-corrected chi connectivity index (χ1v) is 9.80. The molecule has 0 fully saturated rings. The van der Waals surface area contributed by atoms with Crippen molar-refractivity contribution in [3.05, 3.63) is 138 Å². The smallest absolute Gasteiger partial charge is 0.225 e. The summed E-state index contributed by atoms with van der Waals surface area (Å²) in [4.78, 5) is 13.2. The fourth-order valence-corrected chi connectivity index (χ4v) is 3.94. The summed E-state index contributed by atoms with van der Waals surface area (Å²) in [6.45, 7) is 0. The monoisotopic (exact) mass is 377 g/mol. The highest BCUT2D eigenvalue weighted by molar-refractivity contribution is 5.92. The molecule has 1 N–H and O–H groups in total. The lowest BCUT2D eigenvalue weighted by Gasteiger charge is -2.35. The molecule has 29 heavy (non-hydrogen) atoms. The van der Waals surface area contributed by atoms with Crippen LogP contribution in [0, 0.1) is 0 Å². The van der Waals surface area contributed by atoms with Crippen LogP contribution >= 0.6 is 0 Å². The largest absolute Gasteiger partial charge is 0.326 e. The van der Waals surface area contributed by atoms with Crippen LogP contribution in [0.25, 0.3) is 0 Å². The van der Waals surface area contributed by atoms with E-state index in [0.717, 1.165) is 22.4 Å². The summed E-state index contributed by atoms with van der Waals surface area (Å²) in [6, 6.07) is 40.5. The van der Waals surface area contributed by atoms with Crippen LogP contribution < -0.4 is 5.32 Å². The Morgan fingerprint density at radius 3 is 1.28 bits per heavy atom. The highest BCUT2D eigenvalue weighted by atomic mass is 16.1. The number of carbonyl (C=O) groups is 1. The Labute approximate surface area is 171 Å². The minimum Gasteiger partial charge on any atom is -0.326 e. The van der Waals surface area contributed by atoms with Crippen LogP contribution in [-0.4, -0.2) is 5.91 Å². The lowest BCUT2D eigenvalue weighted by Crippen LogP contribution is -2.34. The molecule has 0 aliphatic heterocycles. The van der Waals surface area contributed by atoms with Gasteiger partial charge in [0.25, 0.3) is 0 Å². The maximum absolute atomic E-state index is 13.2. The average molecular weight is 377 g/mol. The topological polar surface area (TPSA) is 29.1 Å². The van der Waals surface area contributed by atoms with E-state index in [1.165, 1.54) is 0 Å². The molecule has 0 aliphatic rings. The van der Waals surface area contributed by atoms with E-state index in [9.17, 15) is 4.79 Å². The first-order valence-electron chi connectivity index (χ1n) is 9.80. The van der Waals surface area contributed by atoms with Gasteiger partial charge in [0.05, 0.1) is 5.41 Å². The fourth-order valence-electron chi connectivity index (χ4n) is 3.94. The predicted molar refractivity (Wildman–Crippen MR) is 119 cm³/mol. The number of rotatable bonds is 6. The molecule has 0 aliphatic carbocycles. The molecule has 0 radical (unpaired) electrons. The number of hydrogen-bond acceptors (Lipinski definition) is 1. The van der Waals surface area contributed by atoms with E-state index in [-0.39, 0.29) is 5.91 Å². The molecule has 142 valence electrons. The van der Waals surface area contributed by atoms with E-state index in [1.54, 1.807) is 0 Å². The van der Waals surface area contributed by atoms with E-state index < -0.39 is 5.41 Å². The zero-order valence-electron chi connectivity index (χ0n) is 16.2. The summed E-state index contributed by atoms with van der Waals surface area (Å²) in [5, 5.41) is 3.07. The quantitative estimate of drug-likeness (QED) is 0.407. The second kappa shape index (κ2) is 8.57. The van der Waals surface area contributed by atoms with Gasteiger partial charge < -0.3 is 5.32 Å². The number of carbonyl (C=O) groups excluding carboxylic acids is 1. The van der Waals surface area contributed by atoms with Crippen LogP contribution in [0.3, 0.4) is 0 Å². The molecule has 0 saturated heterocycles. The molecular weight excluding hydrogens is 354 g/mol. The number of amides is 1. The third kappa shape index (κ3) is 3.97. The molecule has 0 saturated carbocycles. The van der Waals surface area contributed by atoms with Crippen molar-refractivity contribution in [3.63, 3.8) is 0 Å². The van der Waals surface area contributed by atoms with Crippen LogP contribution in [0.4, 0.5) is 5.69 Å². The zero-order valence-corrected chi connectivity index (χ0v) is 16.2. The lowest BCUT2D eigenvalue weighted by atomic mass is 9.67. The van der Waals surface area contributed by atoms with Crippen molar-refractivity contribution in [1.82, 2.24) is 0 Å². The van der Waals surface area contributed by atoms with Gasteiger partial charge in [0, 0.05) is 12.1 Å². The van der Waals surface area contributed by atoms with Crippen molar-refractivity contribution in [3.8, 4) is 0 Å². The zero-order chi connectivity index (χ0) is 19.9. The third-order valence-corrected chi connectivity index (χ3v) is 5.28. The molecule has 4 rings (SSSR count). The summed E-state index contributed by atoms with van der Waals surface area (Å²) in [6.07, 6.45) is 0.305. The molecule has 2 heteroatoms. The molecule has 0 bridgehead atoms. The Bertz CT molecular complexity index is 948. The average Bonchev–Trinajstić information content (AvgIpc) is 2.80. The molecule has 0 atom stereocenters. The number of para-hydroxylation sites is 1. The van der Waals surface area contributed by atoms with Crippen molar-refractivity contribution in [2.24, 2.45) is 0 Å². The highest BCUT2D eigenvalue weighted by Crippen LogP contribution is 2.42. The van der Waals surface area contributed by atoms with Gasteiger partial charge in [-0.15, -0.1) is 0 Å². The normalized spacial score (nSPS) is 11.0. The first-order chi connectivity index (χ1) is 14.3. The maximum atomic E-state index is 13.2. The van der Waals surface area contributed by atoms with Gasteiger partial charge in [-0.2, -0.15) is 0 Å². The van der Waals surface area contributed by atoms with Crippen molar-refractivity contribution in [2.75, 3.05) is 5.32 Å². The van der Waals surface area contributed by atoms with Gasteiger partial charge in [-0.1, -0.05) is 109 Å². The summed E-state index contributed by atoms with van der Waals surface area (Å²) >= 11 is 0. The molecule has 1 amide bonds. The Morgan fingerprint density at radius 1 is 0.552 bits per heavy atom. The van der Waals surface area contributed by atoms with Gasteiger partial charge >= 0.3 is 0 Å². The van der Waals surface area contributed by atoms with E-state index in [4.69, 9.17) is 0 Å². The predicted octanol–water partition coefficient (Wildman–Crippen LogP) is 6.05. The third-order valence-electron chi connectivity index (χ3n) is 5.28. The van der Waals surface area contributed by atoms with Crippen LogP contribution in [-0.2, 0) is 10.2 Å². The lowest BCUT2D eigenvalue weighted by molar-refractivity contribution is -0.116. The number of benzene rings is 4. The summed E-state index contributed by atoms with van der Waals surface area (Å²) in [5.41, 5.74) is 3.52. The molecule has 4 aromatic rings. The van der Waals surface area contributed by atoms with Crippen LogP contribution in [0.1, 0.15) is 23.1 Å². The van der Waals surface area contributed by atoms with Crippen LogP contribution in [0.5, 0.6) is 0 Å². The van der Waals surface area contributed by atoms with Gasteiger partial charge in [0.15, 0.2) is 0 Å². The van der Waals surface area contributed by atoms with E-state index >= 15 is 0 Å². The van der Waals surface area contributed by atoms with Gasteiger partial charge in [-0.25, -0.2) is 0 Å². The second-order valence-corrected chi connectivity index (χ2v) is 7.09. The summed E-state index contributed by atoms with van der Waals surface area (Å²) in [7, 11) is 0. The van der Waals surface area contributed by atoms with E-state index in [1.807, 2.05) is 84.9 Å². The van der Waals surface area contributed by atoms with Crippen molar-refractivity contribution >= 4 is 11.6 Å². The molecule has 4 aromatic carbocycles. The summed E-state index contributed by atoms with van der Waals surface area (Å²) < 4.78 is 0. The number of hydrogen-bond donors (Lipinski definition) is 1. The number of nitrogens with one attached hydrogen (secondary N) is 1. The van der Waals surface area contributed by atoms with Crippen molar-refractivity contribution < 1.29 is 4.79 Å². The van der Waals surface area contributed by atoms with Gasteiger partial charge in [0.2, 0.25) is 5.91 Å². The fraction of sp³-hybridized carbons (Fsp3) is 0.0741. The van der Waals surface area contributed by atoms with Crippen LogP contribution in [0.2, 0.25) is 0 Å². The molecule has 0 unspecified atom stereocenters. The molecule has 0 aromatic heterocycles. The van der Waals surface area contributed by atoms with Gasteiger partial charge in [-0.3, -0.25) is 4.79 Å². The van der Waals surface area contributed by atoms with Gasteiger partial charge in [-0.05, 0) is 28.8 Å². The Kier molecular flexibility index (Phi) is 5.53. The molecule has 0 heterocycles. The molecular formula is C27H23NO. The van der Waals surface area contributed by atoms with Crippen LogP contribution in [0.15, 0.2) is 121 Å². The number of anilines is 1. The van der Waals surface area contributed by atoms with E-state index in [2.05, 4.69) is 41.7 Å². The minimum absolute atomic E-state index is 0.0206. The Balaban J connectivity index is 1.85. The van der Waals surface area contributed by atoms with Gasteiger partial charge in [0.1, 0.15) is 0 Å². The Hall–Kier alpha value is -3.65. The minimum atomic E-state index is -0.581. The Morgan fingerprint density at radius 2 is 0.897 bits per heavy atom. The van der Waals surface area contributed by atoms with Crippen molar-refractivity contribution in [1.29, 1.82) is 0 Å². The highest BCUT2D eigenvalue weighted by Gasteiger charge is 2.38. The second-order valence-electron chi connectivity index (χ2n) is 7.09. The molecule has 0 spiro atoms. The SMILES string of the molecule is O=C(CC(c1ccccc1)(c1ccccc1)c1ccccc1)Nc1ccccc1. The standard InChI is InChI=1S/C27H23NO/c29-26(28-25-19-11-4-12-20-25)21-27(22-13-5-1-6-14-22,23-15-7-2-8-16-23)24-17-9-3-10-18-24/h1-20H,21H2,(H,28,29). The maximum Gasteiger partial charge on any atom is 0.225 e. The van der Waals surface area contributed by atoms with Crippen molar-refractivity contribution in [2.45, 2.75) is 11.8 Å². The van der Waals surface area contributed by atoms with E-state index in [0.29, 0.717) is 6.42 Å². The first kappa shape index (κ1) is 18.7.